The van der Waals surface area contributed by atoms with Crippen molar-refractivity contribution in [3.05, 3.63) is 64.7 Å². The van der Waals surface area contributed by atoms with Crippen LogP contribution in [0.5, 0.6) is 0 Å². The first-order valence-electron chi connectivity index (χ1n) is 5.76. The van der Waals surface area contributed by atoms with Gasteiger partial charge in [-0.3, -0.25) is 0 Å². The molecule has 0 aliphatic heterocycles. The molecule has 20 heavy (non-hydrogen) atoms. The van der Waals surface area contributed by atoms with E-state index in [9.17, 15) is 8.78 Å². The van der Waals surface area contributed by atoms with Gasteiger partial charge in [0.05, 0.1) is 17.2 Å². The average Bonchev–Trinajstić information content (AvgIpc) is 2.46. The minimum Gasteiger partial charge on any atom is -0.381 e. The molecule has 0 saturated heterocycles. The molecule has 0 aliphatic rings. The van der Waals surface area contributed by atoms with Crippen LogP contribution in [-0.4, -0.2) is 0 Å². The summed E-state index contributed by atoms with van der Waals surface area (Å²) >= 11 is 0. The van der Waals surface area contributed by atoms with Gasteiger partial charge in [0.2, 0.25) is 0 Å². The Labute approximate surface area is 114 Å². The third-order valence-electron chi connectivity index (χ3n) is 2.76. The summed E-state index contributed by atoms with van der Waals surface area (Å²) in [6.45, 7) is 0.206. The van der Waals surface area contributed by atoms with E-state index in [-0.39, 0.29) is 12.1 Å². The highest BCUT2D eigenvalue weighted by Gasteiger charge is 2.06. The number of benzene rings is 2. The summed E-state index contributed by atoms with van der Waals surface area (Å²) in [5.74, 6) is -1.03. The SMILES string of the molecule is N#Cc1cc(NCc2cc(F)ccc2C#N)ccc1F. The van der Waals surface area contributed by atoms with Gasteiger partial charge in [-0.05, 0) is 42.0 Å². The van der Waals surface area contributed by atoms with Gasteiger partial charge in [-0.2, -0.15) is 10.5 Å². The second-order valence-corrected chi connectivity index (χ2v) is 4.07. The van der Waals surface area contributed by atoms with Gasteiger partial charge in [0, 0.05) is 12.2 Å². The predicted molar refractivity (Wildman–Crippen MR) is 69.6 cm³/mol. The average molecular weight is 269 g/mol. The van der Waals surface area contributed by atoms with Crippen LogP contribution >= 0.6 is 0 Å². The molecule has 0 unspecified atom stereocenters. The normalized spacial score (nSPS) is 9.60. The van der Waals surface area contributed by atoms with Crippen LogP contribution in [0.15, 0.2) is 36.4 Å². The van der Waals surface area contributed by atoms with Crippen LogP contribution in [0, 0.1) is 34.3 Å². The predicted octanol–water partition coefficient (Wildman–Crippen LogP) is 3.32. The zero-order valence-electron chi connectivity index (χ0n) is 10.3. The minimum atomic E-state index is -0.596. The van der Waals surface area contributed by atoms with Crippen molar-refractivity contribution in [2.75, 3.05) is 5.32 Å². The van der Waals surface area contributed by atoms with Crippen LogP contribution in [-0.2, 0) is 6.54 Å². The molecule has 5 heteroatoms. The van der Waals surface area contributed by atoms with Gasteiger partial charge in [-0.1, -0.05) is 0 Å². The Morgan fingerprint density at radius 1 is 0.950 bits per heavy atom. The van der Waals surface area contributed by atoms with E-state index >= 15 is 0 Å². The Balaban J connectivity index is 2.19. The maximum Gasteiger partial charge on any atom is 0.141 e. The topological polar surface area (TPSA) is 59.6 Å². The van der Waals surface area contributed by atoms with Crippen LogP contribution < -0.4 is 5.32 Å². The van der Waals surface area contributed by atoms with Crippen LogP contribution in [0.4, 0.5) is 14.5 Å². The number of anilines is 1. The molecular weight excluding hydrogens is 260 g/mol. The molecule has 0 radical (unpaired) electrons. The Morgan fingerprint density at radius 2 is 1.70 bits per heavy atom. The summed E-state index contributed by atoms with van der Waals surface area (Å²) in [4.78, 5) is 0. The first kappa shape index (κ1) is 13.5. The second kappa shape index (κ2) is 5.81. The Kier molecular flexibility index (Phi) is 3.93. The van der Waals surface area contributed by atoms with E-state index in [1.54, 1.807) is 6.07 Å². The van der Waals surface area contributed by atoms with Gasteiger partial charge in [-0.25, -0.2) is 8.78 Å². The standard InChI is InChI=1S/C15H9F2N3/c16-13-2-1-10(7-18)12(5-13)9-20-14-3-4-15(17)11(6-14)8-19/h1-6,20H,9H2. The summed E-state index contributed by atoms with van der Waals surface area (Å²) in [7, 11) is 0. The zero-order valence-corrected chi connectivity index (χ0v) is 10.3. The number of halogens is 2. The zero-order chi connectivity index (χ0) is 14.5. The molecule has 0 atom stereocenters. The molecule has 0 fully saturated rings. The quantitative estimate of drug-likeness (QED) is 0.929. The van der Waals surface area contributed by atoms with E-state index in [1.807, 2.05) is 6.07 Å². The number of nitriles is 2. The number of nitrogens with one attached hydrogen (secondary N) is 1. The monoisotopic (exact) mass is 269 g/mol. The largest absolute Gasteiger partial charge is 0.381 e. The summed E-state index contributed by atoms with van der Waals surface area (Å²) in [5.41, 5.74) is 1.31. The molecule has 0 aliphatic carbocycles. The fourth-order valence-corrected chi connectivity index (χ4v) is 1.74. The molecular formula is C15H9F2N3. The van der Waals surface area contributed by atoms with E-state index in [2.05, 4.69) is 5.32 Å². The van der Waals surface area contributed by atoms with Crippen LogP contribution in [0.25, 0.3) is 0 Å². The second-order valence-electron chi connectivity index (χ2n) is 4.07. The fourth-order valence-electron chi connectivity index (χ4n) is 1.74. The molecule has 1 N–H and O–H groups in total. The van der Waals surface area contributed by atoms with Gasteiger partial charge in [0.1, 0.15) is 17.7 Å². The van der Waals surface area contributed by atoms with Crippen molar-refractivity contribution in [1.29, 1.82) is 10.5 Å². The first-order chi connectivity index (χ1) is 9.63. The highest BCUT2D eigenvalue weighted by molar-refractivity contribution is 5.51. The minimum absolute atomic E-state index is 0.0743. The van der Waals surface area contributed by atoms with Crippen LogP contribution in [0.1, 0.15) is 16.7 Å². The number of nitrogens with zero attached hydrogens (tertiary/aromatic N) is 2. The molecule has 0 bridgehead atoms. The lowest BCUT2D eigenvalue weighted by Crippen LogP contribution is -2.03. The molecule has 0 heterocycles. The highest BCUT2D eigenvalue weighted by Crippen LogP contribution is 2.17. The Bertz CT molecular complexity index is 727. The molecule has 2 aromatic carbocycles. The summed E-state index contributed by atoms with van der Waals surface area (Å²) < 4.78 is 26.3. The van der Waals surface area contributed by atoms with Crippen LogP contribution in [0.3, 0.4) is 0 Å². The van der Waals surface area contributed by atoms with Gasteiger partial charge in [0.25, 0.3) is 0 Å². The van der Waals surface area contributed by atoms with E-state index < -0.39 is 11.6 Å². The number of hydrogen-bond acceptors (Lipinski definition) is 3. The summed E-state index contributed by atoms with van der Waals surface area (Å²) in [6, 6.07) is 11.6. The van der Waals surface area contributed by atoms with Crippen molar-refractivity contribution in [1.82, 2.24) is 0 Å². The molecule has 2 aromatic rings. The first-order valence-corrected chi connectivity index (χ1v) is 5.76. The smallest absolute Gasteiger partial charge is 0.141 e. The fraction of sp³-hybridized carbons (Fsp3) is 0.0667. The van der Waals surface area contributed by atoms with E-state index in [0.29, 0.717) is 16.8 Å². The molecule has 0 saturated carbocycles. The lowest BCUT2D eigenvalue weighted by atomic mass is 10.1. The van der Waals surface area contributed by atoms with E-state index in [4.69, 9.17) is 10.5 Å². The van der Waals surface area contributed by atoms with Gasteiger partial charge >= 0.3 is 0 Å². The lowest BCUT2D eigenvalue weighted by molar-refractivity contribution is 0.624. The van der Waals surface area contributed by atoms with Crippen molar-refractivity contribution in [2.45, 2.75) is 6.54 Å². The van der Waals surface area contributed by atoms with Gasteiger partial charge in [-0.15, -0.1) is 0 Å². The highest BCUT2D eigenvalue weighted by atomic mass is 19.1. The molecule has 0 spiro atoms. The Hall–Kier alpha value is -2.92. The van der Waals surface area contributed by atoms with E-state index in [0.717, 1.165) is 0 Å². The summed E-state index contributed by atoms with van der Waals surface area (Å²) in [5, 5.41) is 20.6. The van der Waals surface area contributed by atoms with Crippen molar-refractivity contribution >= 4 is 5.69 Å². The van der Waals surface area contributed by atoms with Crippen LogP contribution in [0.2, 0.25) is 0 Å². The summed E-state index contributed by atoms with van der Waals surface area (Å²) in [6.07, 6.45) is 0. The third-order valence-corrected chi connectivity index (χ3v) is 2.76. The molecule has 0 aromatic heterocycles. The van der Waals surface area contributed by atoms with Crippen molar-refractivity contribution in [3.63, 3.8) is 0 Å². The van der Waals surface area contributed by atoms with Crippen molar-refractivity contribution in [3.8, 4) is 12.1 Å². The third kappa shape index (κ3) is 2.90. The maximum atomic E-state index is 13.2. The molecule has 0 amide bonds. The van der Waals surface area contributed by atoms with E-state index in [1.165, 1.54) is 36.4 Å². The molecule has 2 rings (SSSR count). The maximum absolute atomic E-state index is 13.2. The van der Waals surface area contributed by atoms with Crippen molar-refractivity contribution in [2.24, 2.45) is 0 Å². The Morgan fingerprint density at radius 3 is 2.40 bits per heavy atom. The number of rotatable bonds is 3. The number of hydrogen-bond donors (Lipinski definition) is 1. The molecule has 3 nitrogen and oxygen atoms in total. The van der Waals surface area contributed by atoms with Crippen molar-refractivity contribution < 1.29 is 8.78 Å². The van der Waals surface area contributed by atoms with Gasteiger partial charge in [0.15, 0.2) is 0 Å². The van der Waals surface area contributed by atoms with Gasteiger partial charge < -0.3 is 5.32 Å². The lowest BCUT2D eigenvalue weighted by Gasteiger charge is -2.08. The molecule has 98 valence electrons.